The Hall–Kier alpha value is -1.06. The molecule has 0 heterocycles. The molecule has 0 fully saturated rings. The Morgan fingerprint density at radius 2 is 1.95 bits per heavy atom. The van der Waals surface area contributed by atoms with Gasteiger partial charge in [-0.05, 0) is 31.4 Å². The molecule has 108 valence electrons. The molecule has 0 aromatic heterocycles. The van der Waals surface area contributed by atoms with Crippen LogP contribution in [-0.2, 0) is 4.79 Å². The lowest BCUT2D eigenvalue weighted by Gasteiger charge is -2.16. The molecule has 1 rings (SSSR count). The third-order valence-corrected chi connectivity index (χ3v) is 3.03. The van der Waals surface area contributed by atoms with Crippen LogP contribution in [0.1, 0.15) is 44.1 Å². The summed E-state index contributed by atoms with van der Waals surface area (Å²) in [6, 6.07) is 10.0. The molecule has 1 aromatic rings. The van der Waals surface area contributed by atoms with Gasteiger partial charge in [0.05, 0.1) is 5.92 Å². The van der Waals surface area contributed by atoms with Crippen molar-refractivity contribution >= 4 is 18.3 Å². The molecule has 0 saturated carbocycles. The number of benzene rings is 1. The van der Waals surface area contributed by atoms with E-state index in [2.05, 4.69) is 12.2 Å². The fourth-order valence-corrected chi connectivity index (χ4v) is 2.03. The van der Waals surface area contributed by atoms with Gasteiger partial charge in [0.15, 0.2) is 0 Å². The van der Waals surface area contributed by atoms with Crippen molar-refractivity contribution in [3.05, 3.63) is 35.9 Å². The highest BCUT2D eigenvalue weighted by atomic mass is 35.5. The standard InChI is InChI=1S/C15H24N2O.ClH/c1-2-8-14(13-9-4-3-5-10-13)15(18)17-12-7-6-11-16;/h3-5,9-10,14H,2,6-8,11-12,16H2,1H3,(H,17,18);1H. The largest absolute Gasteiger partial charge is 0.356 e. The van der Waals surface area contributed by atoms with E-state index >= 15 is 0 Å². The molecule has 1 unspecified atom stereocenters. The van der Waals surface area contributed by atoms with Crippen molar-refractivity contribution < 1.29 is 4.79 Å². The number of nitrogens with one attached hydrogen (secondary N) is 1. The fourth-order valence-electron chi connectivity index (χ4n) is 2.03. The van der Waals surface area contributed by atoms with Crippen molar-refractivity contribution in [2.24, 2.45) is 5.73 Å². The molecule has 0 radical (unpaired) electrons. The van der Waals surface area contributed by atoms with Gasteiger partial charge in [0.25, 0.3) is 0 Å². The van der Waals surface area contributed by atoms with Gasteiger partial charge >= 0.3 is 0 Å². The molecule has 3 N–H and O–H groups in total. The summed E-state index contributed by atoms with van der Waals surface area (Å²) < 4.78 is 0. The smallest absolute Gasteiger partial charge is 0.227 e. The van der Waals surface area contributed by atoms with Crippen molar-refractivity contribution in [2.45, 2.75) is 38.5 Å². The highest BCUT2D eigenvalue weighted by Gasteiger charge is 2.18. The molecule has 0 saturated heterocycles. The SMILES string of the molecule is CCCC(C(=O)NCCCCN)c1ccccc1.Cl. The van der Waals surface area contributed by atoms with Crippen LogP contribution in [0.2, 0.25) is 0 Å². The lowest BCUT2D eigenvalue weighted by atomic mass is 9.93. The first-order valence-corrected chi connectivity index (χ1v) is 6.82. The zero-order chi connectivity index (χ0) is 13.2. The van der Waals surface area contributed by atoms with Crippen LogP contribution in [0.15, 0.2) is 30.3 Å². The third kappa shape index (κ3) is 6.60. The van der Waals surface area contributed by atoms with Gasteiger partial charge in [-0.1, -0.05) is 43.7 Å². The van der Waals surface area contributed by atoms with Gasteiger partial charge in [-0.3, -0.25) is 4.79 Å². The summed E-state index contributed by atoms with van der Waals surface area (Å²) in [7, 11) is 0. The summed E-state index contributed by atoms with van der Waals surface area (Å²) in [4.78, 5) is 12.2. The minimum atomic E-state index is -0.0194. The molecule has 4 heteroatoms. The Bertz CT molecular complexity index is 343. The Labute approximate surface area is 122 Å². The molecule has 0 aliphatic heterocycles. The number of halogens is 1. The number of unbranched alkanes of at least 4 members (excludes halogenated alkanes) is 1. The molecule has 1 aromatic carbocycles. The summed E-state index contributed by atoms with van der Waals surface area (Å²) in [5.41, 5.74) is 6.54. The van der Waals surface area contributed by atoms with Crippen LogP contribution < -0.4 is 11.1 Å². The molecule has 3 nitrogen and oxygen atoms in total. The van der Waals surface area contributed by atoms with Crippen molar-refractivity contribution in [3.63, 3.8) is 0 Å². The van der Waals surface area contributed by atoms with E-state index in [4.69, 9.17) is 5.73 Å². The molecule has 19 heavy (non-hydrogen) atoms. The normalized spacial score (nSPS) is 11.5. The first-order chi connectivity index (χ1) is 8.79. The van der Waals surface area contributed by atoms with Crippen molar-refractivity contribution in [1.29, 1.82) is 0 Å². The quantitative estimate of drug-likeness (QED) is 0.721. The van der Waals surface area contributed by atoms with E-state index in [1.54, 1.807) is 0 Å². The molecule has 0 aliphatic carbocycles. The average Bonchev–Trinajstić information content (AvgIpc) is 2.41. The van der Waals surface area contributed by atoms with Gasteiger partial charge in [-0.15, -0.1) is 12.4 Å². The average molecular weight is 285 g/mol. The van der Waals surface area contributed by atoms with Crippen molar-refractivity contribution in [2.75, 3.05) is 13.1 Å². The van der Waals surface area contributed by atoms with Crippen LogP contribution in [0.25, 0.3) is 0 Å². The monoisotopic (exact) mass is 284 g/mol. The minimum absolute atomic E-state index is 0. The molecule has 0 spiro atoms. The topological polar surface area (TPSA) is 55.1 Å². The van der Waals surface area contributed by atoms with E-state index in [1.807, 2.05) is 30.3 Å². The van der Waals surface area contributed by atoms with E-state index in [0.29, 0.717) is 6.54 Å². The minimum Gasteiger partial charge on any atom is -0.356 e. The van der Waals surface area contributed by atoms with Gasteiger partial charge < -0.3 is 11.1 Å². The van der Waals surface area contributed by atoms with Gasteiger partial charge in [-0.25, -0.2) is 0 Å². The van der Waals surface area contributed by atoms with Crippen molar-refractivity contribution in [1.82, 2.24) is 5.32 Å². The van der Waals surface area contributed by atoms with E-state index in [-0.39, 0.29) is 24.2 Å². The molecular weight excluding hydrogens is 260 g/mol. The van der Waals surface area contributed by atoms with E-state index in [9.17, 15) is 4.79 Å². The van der Waals surface area contributed by atoms with Crippen LogP contribution in [0, 0.1) is 0 Å². The highest BCUT2D eigenvalue weighted by molar-refractivity contribution is 5.85. The van der Waals surface area contributed by atoms with Crippen LogP contribution in [0.3, 0.4) is 0 Å². The Morgan fingerprint density at radius 3 is 2.53 bits per heavy atom. The number of hydrogen-bond acceptors (Lipinski definition) is 2. The molecule has 0 bridgehead atoms. The van der Waals surface area contributed by atoms with Gasteiger partial charge in [-0.2, -0.15) is 0 Å². The second kappa shape index (κ2) is 10.8. The first kappa shape index (κ1) is 17.9. The second-order valence-electron chi connectivity index (χ2n) is 4.54. The number of carbonyl (C=O) groups is 1. The summed E-state index contributed by atoms with van der Waals surface area (Å²) in [6.07, 6.45) is 3.82. The number of amides is 1. The molecule has 1 amide bonds. The summed E-state index contributed by atoms with van der Waals surface area (Å²) in [5, 5.41) is 3.01. The zero-order valence-electron chi connectivity index (χ0n) is 11.6. The Kier molecular flexibility index (Phi) is 10.2. The fraction of sp³-hybridized carbons (Fsp3) is 0.533. The first-order valence-electron chi connectivity index (χ1n) is 6.82. The lowest BCUT2D eigenvalue weighted by Crippen LogP contribution is -2.30. The molecular formula is C15H25ClN2O. The summed E-state index contributed by atoms with van der Waals surface area (Å²) in [6.45, 7) is 3.52. The second-order valence-corrected chi connectivity index (χ2v) is 4.54. The van der Waals surface area contributed by atoms with Crippen LogP contribution in [-0.4, -0.2) is 19.0 Å². The van der Waals surface area contributed by atoms with E-state index in [0.717, 1.165) is 37.8 Å². The molecule has 1 atom stereocenters. The summed E-state index contributed by atoms with van der Waals surface area (Å²) >= 11 is 0. The van der Waals surface area contributed by atoms with E-state index in [1.165, 1.54) is 0 Å². The molecule has 0 aliphatic rings. The predicted octanol–water partition coefficient (Wildman–Crippen LogP) is 2.85. The number of carbonyl (C=O) groups excluding carboxylic acids is 1. The Morgan fingerprint density at radius 1 is 1.26 bits per heavy atom. The van der Waals surface area contributed by atoms with Gasteiger partial charge in [0.2, 0.25) is 5.91 Å². The van der Waals surface area contributed by atoms with Crippen molar-refractivity contribution in [3.8, 4) is 0 Å². The predicted molar refractivity (Wildman–Crippen MR) is 82.6 cm³/mol. The van der Waals surface area contributed by atoms with Crippen LogP contribution in [0.4, 0.5) is 0 Å². The number of nitrogens with two attached hydrogens (primary N) is 1. The zero-order valence-corrected chi connectivity index (χ0v) is 12.4. The maximum absolute atomic E-state index is 12.2. The Balaban J connectivity index is 0.00000324. The summed E-state index contributed by atoms with van der Waals surface area (Å²) in [5.74, 6) is 0.120. The maximum atomic E-state index is 12.2. The van der Waals surface area contributed by atoms with E-state index < -0.39 is 0 Å². The van der Waals surface area contributed by atoms with Gasteiger partial charge in [0, 0.05) is 6.54 Å². The maximum Gasteiger partial charge on any atom is 0.227 e. The number of hydrogen-bond donors (Lipinski definition) is 2. The van der Waals surface area contributed by atoms with Crippen LogP contribution >= 0.6 is 12.4 Å². The van der Waals surface area contributed by atoms with Crippen LogP contribution in [0.5, 0.6) is 0 Å². The highest BCUT2D eigenvalue weighted by Crippen LogP contribution is 2.21. The number of rotatable bonds is 8. The lowest BCUT2D eigenvalue weighted by molar-refractivity contribution is -0.122. The third-order valence-electron chi connectivity index (χ3n) is 3.03. The van der Waals surface area contributed by atoms with Gasteiger partial charge in [0.1, 0.15) is 0 Å².